The average Bonchev–Trinajstić information content (AvgIpc) is 2.69. The van der Waals surface area contributed by atoms with E-state index in [1.165, 1.54) is 6.07 Å². The van der Waals surface area contributed by atoms with Crippen LogP contribution in [0.4, 0.5) is 8.78 Å². The molecule has 1 aromatic heterocycles. The van der Waals surface area contributed by atoms with Gasteiger partial charge in [-0.25, -0.2) is 13.8 Å². The highest BCUT2D eigenvalue weighted by atomic mass is 19.1. The van der Waals surface area contributed by atoms with Crippen molar-refractivity contribution in [2.45, 2.75) is 12.6 Å². The first kappa shape index (κ1) is 19.6. The Morgan fingerprint density at radius 1 is 1.07 bits per heavy atom. The third-order valence-corrected chi connectivity index (χ3v) is 5.25. The normalized spacial score (nSPS) is 16.9. The number of aliphatic hydroxyl groups excluding tert-OH is 1. The second kappa shape index (κ2) is 8.36. The Morgan fingerprint density at radius 2 is 1.79 bits per heavy atom. The Bertz CT molecular complexity index is 1060. The fraction of sp³-hybridized carbons (Fsp3) is 0.333. The molecule has 0 bridgehead atoms. The van der Waals surface area contributed by atoms with Crippen LogP contribution >= 0.6 is 0 Å². The highest BCUT2D eigenvalue weighted by Gasteiger charge is 2.22. The smallest absolute Gasteiger partial charge is 0.258 e. The lowest BCUT2D eigenvalue weighted by Gasteiger charge is -2.35. The summed E-state index contributed by atoms with van der Waals surface area (Å²) in [5.41, 5.74) is 0.634. The first-order chi connectivity index (χ1) is 14.0. The third-order valence-electron chi connectivity index (χ3n) is 5.25. The number of nitrogens with zero attached hydrogens (tertiary/aromatic N) is 3. The van der Waals surface area contributed by atoms with E-state index in [1.54, 1.807) is 6.07 Å². The van der Waals surface area contributed by atoms with Gasteiger partial charge in [-0.05, 0) is 18.2 Å². The highest BCUT2D eigenvalue weighted by Crippen LogP contribution is 2.20. The predicted molar refractivity (Wildman–Crippen MR) is 105 cm³/mol. The number of aromatic nitrogens is 2. The summed E-state index contributed by atoms with van der Waals surface area (Å²) in [6.07, 6.45) is -1.01. The van der Waals surface area contributed by atoms with Crippen LogP contribution in [0.25, 0.3) is 10.9 Å². The molecule has 2 heterocycles. The van der Waals surface area contributed by atoms with Gasteiger partial charge < -0.3 is 10.1 Å². The van der Waals surface area contributed by atoms with Crippen LogP contribution in [0.2, 0.25) is 0 Å². The van der Waals surface area contributed by atoms with Gasteiger partial charge in [-0.15, -0.1) is 0 Å². The number of rotatable bonds is 5. The van der Waals surface area contributed by atoms with Crippen LogP contribution in [0, 0.1) is 11.6 Å². The van der Waals surface area contributed by atoms with Crippen LogP contribution in [0.3, 0.4) is 0 Å². The van der Waals surface area contributed by atoms with Gasteiger partial charge in [0.25, 0.3) is 5.56 Å². The van der Waals surface area contributed by atoms with Crippen LogP contribution in [0.5, 0.6) is 0 Å². The minimum absolute atomic E-state index is 0.103. The first-order valence-corrected chi connectivity index (χ1v) is 9.55. The molecule has 1 atom stereocenters. The van der Waals surface area contributed by atoms with Crippen molar-refractivity contribution in [2.75, 3.05) is 32.7 Å². The number of para-hydroxylation sites is 1. The number of aliphatic hydroxyl groups is 1. The van der Waals surface area contributed by atoms with Gasteiger partial charge in [0.2, 0.25) is 0 Å². The molecular formula is C21H22F2N4O2. The summed E-state index contributed by atoms with van der Waals surface area (Å²) < 4.78 is 26.9. The van der Waals surface area contributed by atoms with E-state index in [0.717, 1.165) is 25.2 Å². The van der Waals surface area contributed by atoms with E-state index in [9.17, 15) is 18.7 Å². The molecule has 29 heavy (non-hydrogen) atoms. The van der Waals surface area contributed by atoms with E-state index in [4.69, 9.17) is 0 Å². The maximum absolute atomic E-state index is 13.8. The number of H-pyrrole nitrogens is 1. The molecule has 152 valence electrons. The van der Waals surface area contributed by atoms with E-state index in [2.05, 4.69) is 14.9 Å². The number of benzene rings is 2. The zero-order valence-electron chi connectivity index (χ0n) is 15.8. The van der Waals surface area contributed by atoms with E-state index in [-0.39, 0.29) is 17.7 Å². The molecule has 0 aliphatic carbocycles. The van der Waals surface area contributed by atoms with Gasteiger partial charge in [-0.3, -0.25) is 14.6 Å². The standard InChI is InChI=1S/C21H22F2N4O2/c22-14-5-6-15(17(23)11-14)19(28)12-26-7-9-27(10-8-26)13-20-24-18-4-2-1-3-16(18)21(29)25-20/h1-6,11,19,28H,7-10,12-13H2,(H,24,25,29). The van der Waals surface area contributed by atoms with Crippen molar-refractivity contribution in [2.24, 2.45) is 0 Å². The molecule has 2 N–H and O–H groups in total. The SMILES string of the molecule is O=c1[nH]c(CN2CCN(CC(O)c3ccc(F)cc3F)CC2)nc2ccccc12. The summed E-state index contributed by atoms with van der Waals surface area (Å²) in [5.74, 6) is -0.773. The van der Waals surface area contributed by atoms with Gasteiger partial charge >= 0.3 is 0 Å². The van der Waals surface area contributed by atoms with E-state index in [0.29, 0.717) is 36.4 Å². The summed E-state index contributed by atoms with van der Waals surface area (Å²) in [6, 6.07) is 10.5. The summed E-state index contributed by atoms with van der Waals surface area (Å²) >= 11 is 0. The minimum atomic E-state index is -1.01. The number of halogens is 2. The summed E-state index contributed by atoms with van der Waals surface area (Å²) in [6.45, 7) is 3.66. The maximum atomic E-state index is 13.8. The second-order valence-corrected chi connectivity index (χ2v) is 7.29. The van der Waals surface area contributed by atoms with Crippen LogP contribution in [0.1, 0.15) is 17.5 Å². The molecule has 1 unspecified atom stereocenters. The Kier molecular flexibility index (Phi) is 5.66. The number of aromatic amines is 1. The van der Waals surface area contributed by atoms with Crippen LogP contribution in [-0.4, -0.2) is 57.6 Å². The van der Waals surface area contributed by atoms with Crippen molar-refractivity contribution >= 4 is 10.9 Å². The molecule has 3 aromatic rings. The van der Waals surface area contributed by atoms with Gasteiger partial charge in [0.05, 0.1) is 23.6 Å². The fourth-order valence-corrected chi connectivity index (χ4v) is 3.67. The number of β-amino-alcohol motifs (C(OH)–C–C–N with tert-alkyl or cyclic N) is 1. The molecule has 4 rings (SSSR count). The summed E-state index contributed by atoms with van der Waals surface area (Å²) in [4.78, 5) is 23.8. The number of fused-ring (bicyclic) bond motifs is 1. The van der Waals surface area contributed by atoms with Crippen LogP contribution in [-0.2, 0) is 6.54 Å². The highest BCUT2D eigenvalue weighted by molar-refractivity contribution is 5.77. The van der Waals surface area contributed by atoms with Crippen LogP contribution in [0.15, 0.2) is 47.3 Å². The fourth-order valence-electron chi connectivity index (χ4n) is 3.67. The lowest BCUT2D eigenvalue weighted by atomic mass is 10.1. The van der Waals surface area contributed by atoms with Gasteiger partial charge in [0, 0.05) is 44.4 Å². The van der Waals surface area contributed by atoms with E-state index < -0.39 is 17.7 Å². The molecule has 2 aromatic carbocycles. The van der Waals surface area contributed by atoms with Gasteiger partial charge in [0.15, 0.2) is 0 Å². The molecule has 0 radical (unpaired) electrons. The quantitative estimate of drug-likeness (QED) is 0.686. The van der Waals surface area contributed by atoms with Crippen molar-refractivity contribution in [3.05, 3.63) is 75.8 Å². The van der Waals surface area contributed by atoms with Crippen molar-refractivity contribution in [3.8, 4) is 0 Å². The van der Waals surface area contributed by atoms with Crippen molar-refractivity contribution in [3.63, 3.8) is 0 Å². The zero-order valence-corrected chi connectivity index (χ0v) is 15.8. The maximum Gasteiger partial charge on any atom is 0.258 e. The van der Waals surface area contributed by atoms with E-state index >= 15 is 0 Å². The Labute approximate surface area is 166 Å². The second-order valence-electron chi connectivity index (χ2n) is 7.29. The Balaban J connectivity index is 1.34. The number of hydrogen-bond acceptors (Lipinski definition) is 5. The van der Waals surface area contributed by atoms with Crippen molar-refractivity contribution < 1.29 is 13.9 Å². The number of piperazine rings is 1. The summed E-state index contributed by atoms with van der Waals surface area (Å²) in [7, 11) is 0. The lowest BCUT2D eigenvalue weighted by Crippen LogP contribution is -2.47. The monoisotopic (exact) mass is 400 g/mol. The van der Waals surface area contributed by atoms with Gasteiger partial charge in [-0.2, -0.15) is 0 Å². The van der Waals surface area contributed by atoms with Crippen molar-refractivity contribution in [1.29, 1.82) is 0 Å². The number of nitrogens with one attached hydrogen (secondary N) is 1. The molecule has 0 saturated carbocycles. The number of hydrogen-bond donors (Lipinski definition) is 2. The first-order valence-electron chi connectivity index (χ1n) is 9.55. The summed E-state index contributed by atoms with van der Waals surface area (Å²) in [5, 5.41) is 10.9. The molecule has 1 aliphatic heterocycles. The largest absolute Gasteiger partial charge is 0.387 e. The molecule has 1 fully saturated rings. The zero-order chi connectivity index (χ0) is 20.4. The van der Waals surface area contributed by atoms with Crippen LogP contribution < -0.4 is 5.56 Å². The predicted octanol–water partition coefficient (Wildman–Crippen LogP) is 2.05. The molecule has 0 spiro atoms. The molecule has 1 aliphatic rings. The average molecular weight is 400 g/mol. The molecule has 0 amide bonds. The minimum Gasteiger partial charge on any atom is -0.387 e. The molecular weight excluding hydrogens is 378 g/mol. The lowest BCUT2D eigenvalue weighted by molar-refractivity contribution is 0.0676. The third kappa shape index (κ3) is 4.50. The van der Waals surface area contributed by atoms with E-state index in [1.807, 2.05) is 23.1 Å². The van der Waals surface area contributed by atoms with Gasteiger partial charge in [0.1, 0.15) is 17.5 Å². The van der Waals surface area contributed by atoms with Crippen molar-refractivity contribution in [1.82, 2.24) is 19.8 Å². The molecule has 8 heteroatoms. The topological polar surface area (TPSA) is 72.5 Å². The molecule has 6 nitrogen and oxygen atoms in total. The van der Waals surface area contributed by atoms with Gasteiger partial charge in [-0.1, -0.05) is 18.2 Å². The Hall–Kier alpha value is -2.68. The Morgan fingerprint density at radius 3 is 2.55 bits per heavy atom. The molecule has 1 saturated heterocycles.